The zero-order valence-electron chi connectivity index (χ0n) is 8.43. The molecule has 0 aliphatic rings. The van der Waals surface area contributed by atoms with Crippen molar-refractivity contribution in [1.82, 2.24) is 5.32 Å². The molecule has 0 bridgehead atoms. The highest BCUT2D eigenvalue weighted by Gasteiger charge is 2.07. The largest absolute Gasteiger partial charge is 0.355 e. The Morgan fingerprint density at radius 2 is 2.00 bits per heavy atom. The summed E-state index contributed by atoms with van der Waals surface area (Å²) in [5, 5.41) is 5.43. The topological polar surface area (TPSA) is 58.2 Å². The summed E-state index contributed by atoms with van der Waals surface area (Å²) >= 11 is 5.84. The predicted octanol–water partition coefficient (Wildman–Crippen LogP) is 1.66. The first-order chi connectivity index (χ1) is 7.04. The Bertz CT molecular complexity index is 404. The monoisotopic (exact) mass is 226 g/mol. The van der Waals surface area contributed by atoms with E-state index >= 15 is 0 Å². The van der Waals surface area contributed by atoms with Crippen molar-refractivity contribution in [2.24, 2.45) is 0 Å². The summed E-state index contributed by atoms with van der Waals surface area (Å²) < 4.78 is 0. The standard InChI is InChI=1S/C10H11ClN2O2/c1-6(14)13-9-5-7(10(15)12-2)3-4-8(9)11/h3-5H,1-2H3,(H,12,15)(H,13,14). The second-order valence-corrected chi connectivity index (χ2v) is 3.36. The van der Waals surface area contributed by atoms with Crippen molar-refractivity contribution in [2.75, 3.05) is 12.4 Å². The van der Waals surface area contributed by atoms with Crippen molar-refractivity contribution in [3.63, 3.8) is 0 Å². The van der Waals surface area contributed by atoms with Crippen LogP contribution < -0.4 is 10.6 Å². The van der Waals surface area contributed by atoms with E-state index in [-0.39, 0.29) is 11.8 Å². The molecule has 5 heteroatoms. The van der Waals surface area contributed by atoms with E-state index < -0.39 is 0 Å². The van der Waals surface area contributed by atoms with E-state index in [1.165, 1.54) is 20.0 Å². The Kier molecular flexibility index (Phi) is 3.68. The van der Waals surface area contributed by atoms with Crippen LogP contribution in [0.2, 0.25) is 5.02 Å². The zero-order valence-corrected chi connectivity index (χ0v) is 9.18. The number of carbonyl (C=O) groups is 2. The van der Waals surface area contributed by atoms with E-state index in [1.807, 2.05) is 0 Å². The van der Waals surface area contributed by atoms with Crippen molar-refractivity contribution < 1.29 is 9.59 Å². The van der Waals surface area contributed by atoms with E-state index in [9.17, 15) is 9.59 Å². The van der Waals surface area contributed by atoms with Gasteiger partial charge >= 0.3 is 0 Å². The van der Waals surface area contributed by atoms with Gasteiger partial charge in [-0.25, -0.2) is 0 Å². The van der Waals surface area contributed by atoms with Gasteiger partial charge in [-0.05, 0) is 18.2 Å². The van der Waals surface area contributed by atoms with Crippen molar-refractivity contribution in [3.05, 3.63) is 28.8 Å². The van der Waals surface area contributed by atoms with Crippen LogP contribution in [0, 0.1) is 0 Å². The summed E-state index contributed by atoms with van der Waals surface area (Å²) in [6, 6.07) is 4.69. The molecular weight excluding hydrogens is 216 g/mol. The Hall–Kier alpha value is -1.55. The van der Waals surface area contributed by atoms with Crippen LogP contribution in [0.1, 0.15) is 17.3 Å². The number of benzene rings is 1. The molecule has 0 saturated heterocycles. The Balaban J connectivity index is 3.05. The first-order valence-electron chi connectivity index (χ1n) is 4.34. The average molecular weight is 227 g/mol. The minimum Gasteiger partial charge on any atom is -0.355 e. The quantitative estimate of drug-likeness (QED) is 0.806. The van der Waals surface area contributed by atoms with Gasteiger partial charge < -0.3 is 10.6 Å². The number of halogens is 1. The number of nitrogens with one attached hydrogen (secondary N) is 2. The molecule has 0 unspecified atom stereocenters. The fourth-order valence-electron chi connectivity index (χ4n) is 1.10. The highest BCUT2D eigenvalue weighted by Crippen LogP contribution is 2.22. The SMILES string of the molecule is CNC(=O)c1ccc(Cl)c(NC(C)=O)c1. The molecule has 0 aliphatic carbocycles. The summed E-state index contributed by atoms with van der Waals surface area (Å²) in [5.41, 5.74) is 0.885. The Labute approximate surface area is 92.6 Å². The molecule has 0 spiro atoms. The highest BCUT2D eigenvalue weighted by atomic mass is 35.5. The summed E-state index contributed by atoms with van der Waals surface area (Å²) in [5.74, 6) is -0.454. The number of anilines is 1. The third-order valence-corrected chi connectivity index (χ3v) is 2.10. The van der Waals surface area contributed by atoms with Gasteiger partial charge in [-0.3, -0.25) is 9.59 Å². The van der Waals surface area contributed by atoms with Gasteiger partial charge in [0.05, 0.1) is 10.7 Å². The molecule has 4 nitrogen and oxygen atoms in total. The lowest BCUT2D eigenvalue weighted by Crippen LogP contribution is -2.18. The number of amides is 2. The summed E-state index contributed by atoms with van der Waals surface area (Å²) in [4.78, 5) is 22.1. The summed E-state index contributed by atoms with van der Waals surface area (Å²) in [6.45, 7) is 1.38. The van der Waals surface area contributed by atoms with Crippen LogP contribution in [0.3, 0.4) is 0 Å². The third kappa shape index (κ3) is 2.95. The number of rotatable bonds is 2. The molecule has 0 aromatic heterocycles. The maximum Gasteiger partial charge on any atom is 0.251 e. The van der Waals surface area contributed by atoms with Gasteiger partial charge in [0, 0.05) is 19.5 Å². The van der Waals surface area contributed by atoms with E-state index in [0.29, 0.717) is 16.3 Å². The smallest absolute Gasteiger partial charge is 0.251 e. The Morgan fingerprint density at radius 1 is 1.33 bits per heavy atom. The van der Waals surface area contributed by atoms with E-state index in [2.05, 4.69) is 10.6 Å². The first kappa shape index (κ1) is 11.5. The van der Waals surface area contributed by atoms with Gasteiger partial charge in [0.25, 0.3) is 5.91 Å². The Morgan fingerprint density at radius 3 is 2.53 bits per heavy atom. The van der Waals surface area contributed by atoms with Crippen LogP contribution in [0.5, 0.6) is 0 Å². The second-order valence-electron chi connectivity index (χ2n) is 2.95. The maximum absolute atomic E-state index is 11.3. The van der Waals surface area contributed by atoms with Crippen LogP contribution in [0.25, 0.3) is 0 Å². The molecule has 0 aliphatic heterocycles. The zero-order chi connectivity index (χ0) is 11.4. The molecule has 1 aromatic carbocycles. The van der Waals surface area contributed by atoms with Gasteiger partial charge in [0.15, 0.2) is 0 Å². The third-order valence-electron chi connectivity index (χ3n) is 1.77. The molecular formula is C10H11ClN2O2. The van der Waals surface area contributed by atoms with Crippen molar-refractivity contribution in [3.8, 4) is 0 Å². The fraction of sp³-hybridized carbons (Fsp3) is 0.200. The lowest BCUT2D eigenvalue weighted by atomic mass is 10.2. The van der Waals surface area contributed by atoms with Crippen LogP contribution in [0.4, 0.5) is 5.69 Å². The van der Waals surface area contributed by atoms with Gasteiger partial charge in [0.1, 0.15) is 0 Å². The molecule has 2 amide bonds. The lowest BCUT2D eigenvalue weighted by molar-refractivity contribution is -0.114. The van der Waals surface area contributed by atoms with Gasteiger partial charge in [0.2, 0.25) is 5.91 Å². The van der Waals surface area contributed by atoms with E-state index in [0.717, 1.165) is 0 Å². The summed E-state index contributed by atoms with van der Waals surface area (Å²) in [6.07, 6.45) is 0. The molecule has 0 heterocycles. The number of hydrogen-bond donors (Lipinski definition) is 2. The lowest BCUT2D eigenvalue weighted by Gasteiger charge is -2.06. The fourth-order valence-corrected chi connectivity index (χ4v) is 1.26. The van der Waals surface area contributed by atoms with E-state index in [1.54, 1.807) is 12.1 Å². The minimum absolute atomic E-state index is 0.224. The molecule has 15 heavy (non-hydrogen) atoms. The number of hydrogen-bond acceptors (Lipinski definition) is 2. The van der Waals surface area contributed by atoms with Crippen molar-refractivity contribution in [2.45, 2.75) is 6.92 Å². The molecule has 0 atom stereocenters. The van der Waals surface area contributed by atoms with Gasteiger partial charge in [-0.15, -0.1) is 0 Å². The molecule has 80 valence electrons. The van der Waals surface area contributed by atoms with E-state index in [4.69, 9.17) is 11.6 Å². The molecule has 1 aromatic rings. The molecule has 0 saturated carbocycles. The molecule has 0 fully saturated rings. The van der Waals surface area contributed by atoms with Crippen molar-refractivity contribution >= 4 is 29.1 Å². The minimum atomic E-state index is -0.231. The molecule has 1 rings (SSSR count). The molecule has 0 radical (unpaired) electrons. The second kappa shape index (κ2) is 4.79. The van der Waals surface area contributed by atoms with Crippen LogP contribution in [-0.4, -0.2) is 18.9 Å². The van der Waals surface area contributed by atoms with Crippen molar-refractivity contribution in [1.29, 1.82) is 0 Å². The van der Waals surface area contributed by atoms with Gasteiger partial charge in [-0.2, -0.15) is 0 Å². The van der Waals surface area contributed by atoms with Gasteiger partial charge in [-0.1, -0.05) is 11.6 Å². The predicted molar refractivity (Wildman–Crippen MR) is 59.1 cm³/mol. The maximum atomic E-state index is 11.3. The van der Waals surface area contributed by atoms with Crippen LogP contribution >= 0.6 is 11.6 Å². The number of carbonyl (C=O) groups excluding carboxylic acids is 2. The molecule has 2 N–H and O–H groups in total. The van der Waals surface area contributed by atoms with Crippen LogP contribution in [-0.2, 0) is 4.79 Å². The van der Waals surface area contributed by atoms with Crippen LogP contribution in [0.15, 0.2) is 18.2 Å². The normalized spacial score (nSPS) is 9.53. The average Bonchev–Trinajstić information content (AvgIpc) is 2.19. The summed E-state index contributed by atoms with van der Waals surface area (Å²) in [7, 11) is 1.54. The highest BCUT2D eigenvalue weighted by molar-refractivity contribution is 6.33. The first-order valence-corrected chi connectivity index (χ1v) is 4.71.